The fraction of sp³-hybridized carbons (Fsp3) is 0.667. The smallest absolute Gasteiger partial charge is 0.220 e. The summed E-state index contributed by atoms with van der Waals surface area (Å²) in [7, 11) is 0. The van der Waals surface area contributed by atoms with Crippen LogP contribution < -0.4 is 5.32 Å². The van der Waals surface area contributed by atoms with Crippen molar-refractivity contribution >= 4 is 33.2 Å². The number of rotatable bonds is 6. The van der Waals surface area contributed by atoms with Crippen molar-refractivity contribution in [2.75, 3.05) is 6.54 Å². The summed E-state index contributed by atoms with van der Waals surface area (Å²) in [5, 5.41) is 5.19. The van der Waals surface area contributed by atoms with Crippen LogP contribution in [0.1, 0.15) is 43.4 Å². The Morgan fingerprint density at radius 1 is 1.37 bits per heavy atom. The molecule has 1 N–H and O–H groups in total. The fourth-order valence-electron chi connectivity index (χ4n) is 2.55. The number of hydrogen-bond acceptors (Lipinski definition) is 2. The lowest BCUT2D eigenvalue weighted by Gasteiger charge is -2.25. The first-order valence-electron chi connectivity index (χ1n) is 7.17. The quantitative estimate of drug-likeness (QED) is 0.772. The maximum Gasteiger partial charge on any atom is 0.220 e. The largest absolute Gasteiger partial charge is 0.356 e. The number of amides is 1. The molecule has 2 nitrogen and oxygen atoms in total. The van der Waals surface area contributed by atoms with E-state index in [4.69, 9.17) is 0 Å². The molecule has 0 bridgehead atoms. The zero-order chi connectivity index (χ0) is 13.5. The third kappa shape index (κ3) is 5.65. The Bertz CT molecular complexity index is 372. The van der Waals surface area contributed by atoms with Crippen LogP contribution in [-0.2, 0) is 11.2 Å². The molecule has 1 fully saturated rings. The first kappa shape index (κ1) is 15.0. The van der Waals surface area contributed by atoms with Crippen molar-refractivity contribution in [2.45, 2.75) is 49.8 Å². The van der Waals surface area contributed by atoms with Crippen LogP contribution >= 0.6 is 27.3 Å². The molecule has 0 aliphatic heterocycles. The van der Waals surface area contributed by atoms with Gasteiger partial charge in [-0.2, -0.15) is 0 Å². The first-order chi connectivity index (χ1) is 9.24. The maximum absolute atomic E-state index is 11.8. The Labute approximate surface area is 128 Å². The lowest BCUT2D eigenvalue weighted by molar-refractivity contribution is -0.121. The highest BCUT2D eigenvalue weighted by Crippen LogP contribution is 2.28. The highest BCUT2D eigenvalue weighted by atomic mass is 79.9. The number of alkyl halides is 1. The Kier molecular flexibility index (Phi) is 6.38. The molecule has 19 heavy (non-hydrogen) atoms. The average Bonchev–Trinajstić information content (AvgIpc) is 2.91. The van der Waals surface area contributed by atoms with Crippen molar-refractivity contribution in [1.82, 2.24) is 5.32 Å². The highest BCUT2D eigenvalue weighted by molar-refractivity contribution is 9.09. The number of carbonyl (C=O) groups excluding carboxylic acids is 1. The van der Waals surface area contributed by atoms with Gasteiger partial charge in [0, 0.05) is 22.7 Å². The lowest BCUT2D eigenvalue weighted by atomic mass is 9.89. The molecule has 0 radical (unpaired) electrons. The monoisotopic (exact) mass is 343 g/mol. The predicted molar refractivity (Wildman–Crippen MR) is 84.9 cm³/mol. The summed E-state index contributed by atoms with van der Waals surface area (Å²) in [6.07, 6.45) is 7.63. The molecule has 1 heterocycles. The van der Waals surface area contributed by atoms with E-state index in [2.05, 4.69) is 38.8 Å². The molecular formula is C15H22BrNOS. The van der Waals surface area contributed by atoms with Gasteiger partial charge in [-0.05, 0) is 55.9 Å². The third-order valence-corrected chi connectivity index (χ3v) is 5.62. The van der Waals surface area contributed by atoms with Gasteiger partial charge in [-0.15, -0.1) is 11.3 Å². The van der Waals surface area contributed by atoms with Crippen LogP contribution in [0.5, 0.6) is 0 Å². The zero-order valence-corrected chi connectivity index (χ0v) is 13.6. The normalized spacial score (nSPS) is 23.2. The van der Waals surface area contributed by atoms with Gasteiger partial charge < -0.3 is 5.32 Å². The third-order valence-electron chi connectivity index (χ3n) is 3.77. The van der Waals surface area contributed by atoms with Crippen LogP contribution in [0.2, 0.25) is 0 Å². The Morgan fingerprint density at radius 2 is 2.16 bits per heavy atom. The minimum atomic E-state index is 0.220. The van der Waals surface area contributed by atoms with E-state index < -0.39 is 0 Å². The van der Waals surface area contributed by atoms with Crippen LogP contribution in [-0.4, -0.2) is 17.3 Å². The Balaban J connectivity index is 1.54. The van der Waals surface area contributed by atoms with Gasteiger partial charge in [0.1, 0.15) is 0 Å². The highest BCUT2D eigenvalue weighted by Gasteiger charge is 2.19. The van der Waals surface area contributed by atoms with E-state index in [1.165, 1.54) is 30.6 Å². The van der Waals surface area contributed by atoms with Gasteiger partial charge in [0.05, 0.1) is 0 Å². The first-order valence-corrected chi connectivity index (χ1v) is 8.96. The number of hydrogen-bond donors (Lipinski definition) is 1. The van der Waals surface area contributed by atoms with Gasteiger partial charge in [-0.3, -0.25) is 4.79 Å². The van der Waals surface area contributed by atoms with E-state index >= 15 is 0 Å². The average molecular weight is 344 g/mol. The standard InChI is InChI=1S/C15H22BrNOS/c16-13-8-6-12(7-9-13)11-17-15(18)5-1-3-14-4-2-10-19-14/h2,4,10,12-13H,1,3,5-9,11H2,(H,17,18). The molecule has 0 spiro atoms. The van der Waals surface area contributed by atoms with E-state index in [1.807, 2.05) is 0 Å². The molecule has 1 saturated carbocycles. The summed E-state index contributed by atoms with van der Waals surface area (Å²) < 4.78 is 0. The molecule has 1 aromatic heterocycles. The molecule has 0 aromatic carbocycles. The molecule has 1 amide bonds. The van der Waals surface area contributed by atoms with Crippen molar-refractivity contribution in [3.8, 4) is 0 Å². The zero-order valence-electron chi connectivity index (χ0n) is 11.2. The van der Waals surface area contributed by atoms with E-state index in [9.17, 15) is 4.79 Å². The second-order valence-electron chi connectivity index (χ2n) is 5.36. The summed E-state index contributed by atoms with van der Waals surface area (Å²) in [4.78, 5) is 13.8. The Hall–Kier alpha value is -0.350. The molecular weight excluding hydrogens is 322 g/mol. The topological polar surface area (TPSA) is 29.1 Å². The van der Waals surface area contributed by atoms with Crippen molar-refractivity contribution in [3.63, 3.8) is 0 Å². The summed E-state index contributed by atoms with van der Waals surface area (Å²) >= 11 is 5.44. The molecule has 1 aromatic rings. The van der Waals surface area contributed by atoms with Gasteiger partial charge in [0.15, 0.2) is 0 Å². The van der Waals surface area contributed by atoms with Crippen LogP contribution in [0, 0.1) is 5.92 Å². The number of carbonyl (C=O) groups is 1. The number of nitrogens with one attached hydrogen (secondary N) is 1. The molecule has 0 unspecified atom stereocenters. The Morgan fingerprint density at radius 3 is 2.84 bits per heavy atom. The summed E-state index contributed by atoms with van der Waals surface area (Å²) in [6, 6.07) is 4.21. The van der Waals surface area contributed by atoms with E-state index in [1.54, 1.807) is 11.3 Å². The molecule has 106 valence electrons. The van der Waals surface area contributed by atoms with E-state index in [-0.39, 0.29) is 5.91 Å². The van der Waals surface area contributed by atoms with Crippen LogP contribution in [0.15, 0.2) is 17.5 Å². The van der Waals surface area contributed by atoms with E-state index in [0.29, 0.717) is 17.2 Å². The van der Waals surface area contributed by atoms with Crippen molar-refractivity contribution in [1.29, 1.82) is 0 Å². The molecule has 4 heteroatoms. The summed E-state index contributed by atoms with van der Waals surface area (Å²) in [5.41, 5.74) is 0. The predicted octanol–water partition coefficient (Wildman–Crippen LogP) is 4.14. The SMILES string of the molecule is O=C(CCCc1cccs1)NCC1CCC(Br)CC1. The second-order valence-corrected chi connectivity index (χ2v) is 7.68. The molecule has 1 aliphatic carbocycles. The molecule has 0 atom stereocenters. The second kappa shape index (κ2) is 8.05. The minimum absolute atomic E-state index is 0.220. The minimum Gasteiger partial charge on any atom is -0.356 e. The molecule has 1 aliphatic rings. The molecule has 0 saturated heterocycles. The van der Waals surface area contributed by atoms with E-state index in [0.717, 1.165) is 19.4 Å². The summed E-state index contributed by atoms with van der Waals surface area (Å²) in [6.45, 7) is 0.873. The van der Waals surface area contributed by atoms with Crippen molar-refractivity contribution in [3.05, 3.63) is 22.4 Å². The number of thiophene rings is 1. The molecule has 2 rings (SSSR count). The van der Waals surface area contributed by atoms with Gasteiger partial charge in [-0.1, -0.05) is 22.0 Å². The number of halogens is 1. The lowest BCUT2D eigenvalue weighted by Crippen LogP contribution is -2.31. The van der Waals surface area contributed by atoms with Crippen molar-refractivity contribution in [2.24, 2.45) is 5.92 Å². The van der Waals surface area contributed by atoms with Crippen molar-refractivity contribution < 1.29 is 4.79 Å². The van der Waals surface area contributed by atoms with Crippen LogP contribution in [0.4, 0.5) is 0 Å². The summed E-state index contributed by atoms with van der Waals surface area (Å²) in [5.74, 6) is 0.910. The maximum atomic E-state index is 11.8. The fourth-order valence-corrected chi connectivity index (χ4v) is 3.83. The number of aryl methyl sites for hydroxylation is 1. The van der Waals surface area contributed by atoms with Crippen LogP contribution in [0.25, 0.3) is 0 Å². The van der Waals surface area contributed by atoms with Gasteiger partial charge in [-0.25, -0.2) is 0 Å². The van der Waals surface area contributed by atoms with Gasteiger partial charge in [0.25, 0.3) is 0 Å². The van der Waals surface area contributed by atoms with Gasteiger partial charge in [0.2, 0.25) is 5.91 Å². The van der Waals surface area contributed by atoms with Crippen LogP contribution in [0.3, 0.4) is 0 Å². The van der Waals surface area contributed by atoms with Gasteiger partial charge >= 0.3 is 0 Å².